The standard InChI is InChI=1S/C25H17F3N4O7/c1-38-20-10-14(9-19(32(36)37)22(20)39-13-21(33)34)12-29-31-23(15-5-4-6-16(11-15)25(26,27)28)30-18-8-3-2-7-17(18)24(31)35/h2-12H,13H2,1H3,(H,33,34). The van der Waals surface area contributed by atoms with Crippen LogP contribution in [-0.2, 0) is 11.0 Å². The molecule has 0 bridgehead atoms. The van der Waals surface area contributed by atoms with E-state index < -0.39 is 46.2 Å². The molecule has 0 atom stereocenters. The zero-order valence-corrected chi connectivity index (χ0v) is 19.9. The highest BCUT2D eigenvalue weighted by Crippen LogP contribution is 2.38. The molecule has 200 valence electrons. The molecule has 0 fully saturated rings. The zero-order valence-electron chi connectivity index (χ0n) is 19.9. The van der Waals surface area contributed by atoms with E-state index >= 15 is 0 Å². The topological polar surface area (TPSA) is 146 Å². The maximum absolute atomic E-state index is 13.4. The molecule has 0 saturated heterocycles. The van der Waals surface area contributed by atoms with Crippen molar-refractivity contribution in [2.45, 2.75) is 6.18 Å². The highest BCUT2D eigenvalue weighted by Gasteiger charge is 2.31. The minimum absolute atomic E-state index is 0.0382. The third-order valence-electron chi connectivity index (χ3n) is 5.34. The molecule has 0 saturated carbocycles. The van der Waals surface area contributed by atoms with Crippen molar-refractivity contribution in [2.24, 2.45) is 5.10 Å². The number of ether oxygens (including phenoxy) is 2. The molecule has 1 aromatic heterocycles. The molecule has 0 aliphatic carbocycles. The molecule has 11 nitrogen and oxygen atoms in total. The van der Waals surface area contributed by atoms with Crippen LogP contribution in [0.15, 0.2) is 70.6 Å². The predicted octanol–water partition coefficient (Wildman–Crippen LogP) is 4.34. The summed E-state index contributed by atoms with van der Waals surface area (Å²) in [5.74, 6) is -2.20. The largest absolute Gasteiger partial charge is 0.493 e. The van der Waals surface area contributed by atoms with Gasteiger partial charge in [-0.1, -0.05) is 24.3 Å². The van der Waals surface area contributed by atoms with Crippen LogP contribution in [0.2, 0.25) is 0 Å². The molecule has 0 amide bonds. The number of fused-ring (bicyclic) bond motifs is 1. The summed E-state index contributed by atoms with van der Waals surface area (Å²) in [6.07, 6.45) is -3.60. The number of carboxylic acids is 1. The molecule has 14 heteroatoms. The molecule has 0 spiro atoms. The minimum Gasteiger partial charge on any atom is -0.493 e. The van der Waals surface area contributed by atoms with Crippen LogP contribution in [0.1, 0.15) is 11.1 Å². The lowest BCUT2D eigenvalue weighted by atomic mass is 10.1. The van der Waals surface area contributed by atoms with Gasteiger partial charge in [0, 0.05) is 17.2 Å². The Labute approximate surface area is 216 Å². The van der Waals surface area contributed by atoms with Gasteiger partial charge in [-0.3, -0.25) is 14.9 Å². The number of hydrogen-bond acceptors (Lipinski definition) is 8. The summed E-state index contributed by atoms with van der Waals surface area (Å²) in [6.45, 7) is -0.872. The molecule has 0 aliphatic rings. The number of para-hydroxylation sites is 1. The fourth-order valence-electron chi connectivity index (χ4n) is 3.63. The van der Waals surface area contributed by atoms with E-state index in [1.54, 1.807) is 12.1 Å². The molecular formula is C25H17F3N4O7. The van der Waals surface area contributed by atoms with Crippen molar-refractivity contribution in [2.75, 3.05) is 13.7 Å². The van der Waals surface area contributed by atoms with Gasteiger partial charge in [0.1, 0.15) is 0 Å². The van der Waals surface area contributed by atoms with Crippen molar-refractivity contribution in [1.29, 1.82) is 0 Å². The summed E-state index contributed by atoms with van der Waals surface area (Å²) in [4.78, 5) is 39.3. The van der Waals surface area contributed by atoms with E-state index in [1.165, 1.54) is 31.4 Å². The van der Waals surface area contributed by atoms with Gasteiger partial charge >= 0.3 is 17.8 Å². The number of aromatic nitrogens is 2. The van der Waals surface area contributed by atoms with E-state index in [-0.39, 0.29) is 33.6 Å². The first-order valence-electron chi connectivity index (χ1n) is 10.9. The molecule has 0 radical (unpaired) electrons. The first-order valence-corrected chi connectivity index (χ1v) is 10.9. The van der Waals surface area contributed by atoms with E-state index in [1.807, 2.05) is 0 Å². The number of nitro groups is 1. The highest BCUT2D eigenvalue weighted by atomic mass is 19.4. The average Bonchev–Trinajstić information content (AvgIpc) is 2.90. The molecule has 4 rings (SSSR count). The maximum atomic E-state index is 13.4. The van der Waals surface area contributed by atoms with Crippen LogP contribution in [-0.4, -0.2) is 45.6 Å². The van der Waals surface area contributed by atoms with Crippen molar-refractivity contribution in [3.63, 3.8) is 0 Å². The number of rotatable bonds is 8. The zero-order chi connectivity index (χ0) is 28.3. The Balaban J connectivity index is 1.89. The Hall–Kier alpha value is -5.27. The van der Waals surface area contributed by atoms with Gasteiger partial charge in [-0.2, -0.15) is 22.9 Å². The number of carbonyl (C=O) groups is 1. The summed E-state index contributed by atoms with van der Waals surface area (Å²) in [5, 5.41) is 24.7. The van der Waals surface area contributed by atoms with Gasteiger partial charge in [0.15, 0.2) is 18.2 Å². The van der Waals surface area contributed by atoms with E-state index in [9.17, 15) is 32.9 Å². The first kappa shape index (κ1) is 26.8. The number of nitro benzene ring substituents is 1. The molecular weight excluding hydrogens is 525 g/mol. The highest BCUT2D eigenvalue weighted by molar-refractivity contribution is 5.84. The van der Waals surface area contributed by atoms with Crippen LogP contribution in [0.3, 0.4) is 0 Å². The fourth-order valence-corrected chi connectivity index (χ4v) is 3.63. The van der Waals surface area contributed by atoms with Crippen molar-refractivity contribution in [3.05, 3.63) is 92.3 Å². The number of alkyl halides is 3. The Morgan fingerprint density at radius 2 is 1.92 bits per heavy atom. The molecule has 4 aromatic rings. The molecule has 1 heterocycles. The summed E-state index contributed by atoms with van der Waals surface area (Å²) in [6, 6.07) is 12.6. The van der Waals surface area contributed by atoms with Gasteiger partial charge in [0.2, 0.25) is 5.75 Å². The third kappa shape index (κ3) is 5.69. The molecule has 1 N–H and O–H groups in total. The van der Waals surface area contributed by atoms with Crippen molar-refractivity contribution < 1.29 is 37.5 Å². The predicted molar refractivity (Wildman–Crippen MR) is 132 cm³/mol. The van der Waals surface area contributed by atoms with Crippen LogP contribution in [0.25, 0.3) is 22.3 Å². The molecule has 0 aliphatic heterocycles. The number of nitrogens with zero attached hydrogens (tertiary/aromatic N) is 4. The first-order chi connectivity index (χ1) is 18.5. The minimum atomic E-state index is -4.65. The second-order valence-electron chi connectivity index (χ2n) is 7.90. The smallest absolute Gasteiger partial charge is 0.416 e. The lowest BCUT2D eigenvalue weighted by Crippen LogP contribution is -2.20. The van der Waals surface area contributed by atoms with Gasteiger partial charge < -0.3 is 14.6 Å². The van der Waals surface area contributed by atoms with Gasteiger partial charge in [-0.15, -0.1) is 0 Å². The summed E-state index contributed by atoms with van der Waals surface area (Å²) in [7, 11) is 1.18. The van der Waals surface area contributed by atoms with Crippen LogP contribution in [0.5, 0.6) is 11.5 Å². The lowest BCUT2D eigenvalue weighted by Gasteiger charge is -2.12. The molecule has 3 aromatic carbocycles. The molecule has 0 unspecified atom stereocenters. The van der Waals surface area contributed by atoms with Crippen LogP contribution < -0.4 is 15.0 Å². The SMILES string of the molecule is COc1cc(C=Nn2c(-c3cccc(C(F)(F)F)c3)nc3ccccc3c2=O)cc([N+](=O)[O-])c1OCC(=O)O. The Bertz CT molecular complexity index is 1680. The monoisotopic (exact) mass is 542 g/mol. The average molecular weight is 542 g/mol. The normalized spacial score (nSPS) is 11.6. The number of aliphatic carboxylic acids is 1. The second kappa shape index (κ2) is 10.6. The van der Waals surface area contributed by atoms with Crippen molar-refractivity contribution >= 4 is 28.8 Å². The van der Waals surface area contributed by atoms with Crippen LogP contribution >= 0.6 is 0 Å². The van der Waals surface area contributed by atoms with Crippen molar-refractivity contribution in [3.8, 4) is 22.9 Å². The number of benzene rings is 3. The number of methoxy groups -OCH3 is 1. The second-order valence-corrected chi connectivity index (χ2v) is 7.90. The van der Waals surface area contributed by atoms with E-state index in [0.717, 1.165) is 35.2 Å². The van der Waals surface area contributed by atoms with Gasteiger partial charge in [0.05, 0.1) is 34.7 Å². The van der Waals surface area contributed by atoms with Gasteiger partial charge in [-0.25, -0.2) is 9.78 Å². The maximum Gasteiger partial charge on any atom is 0.416 e. The quantitative estimate of drug-likeness (QED) is 0.197. The fraction of sp³-hybridized carbons (Fsp3) is 0.120. The number of hydrogen-bond donors (Lipinski definition) is 1. The summed E-state index contributed by atoms with van der Waals surface area (Å²) in [5.41, 5.74) is -2.10. The van der Waals surface area contributed by atoms with E-state index in [0.29, 0.717) is 0 Å². The number of carboxylic acid groups (broad SMARTS) is 1. The summed E-state index contributed by atoms with van der Waals surface area (Å²) >= 11 is 0. The Morgan fingerprint density at radius 1 is 1.18 bits per heavy atom. The lowest BCUT2D eigenvalue weighted by molar-refractivity contribution is -0.385. The van der Waals surface area contributed by atoms with Crippen molar-refractivity contribution in [1.82, 2.24) is 9.66 Å². The van der Waals surface area contributed by atoms with Gasteiger partial charge in [-0.05, 0) is 30.3 Å². The Morgan fingerprint density at radius 3 is 2.59 bits per heavy atom. The Kier molecular flexibility index (Phi) is 7.29. The molecule has 39 heavy (non-hydrogen) atoms. The van der Waals surface area contributed by atoms with Crippen LogP contribution in [0, 0.1) is 10.1 Å². The van der Waals surface area contributed by atoms with E-state index in [2.05, 4.69) is 10.1 Å². The summed E-state index contributed by atoms with van der Waals surface area (Å²) < 4.78 is 51.0. The van der Waals surface area contributed by atoms with Crippen LogP contribution in [0.4, 0.5) is 18.9 Å². The third-order valence-corrected chi connectivity index (χ3v) is 5.34. The van der Waals surface area contributed by atoms with E-state index in [4.69, 9.17) is 14.6 Å². The van der Waals surface area contributed by atoms with Gasteiger partial charge in [0.25, 0.3) is 5.56 Å². The number of halogens is 3.